The predicted octanol–water partition coefficient (Wildman–Crippen LogP) is 8.90. The van der Waals surface area contributed by atoms with E-state index in [1.165, 1.54) is 89.9 Å². The second-order valence-corrected chi connectivity index (χ2v) is 9.42. The van der Waals surface area contributed by atoms with Crippen molar-refractivity contribution in [2.45, 2.75) is 149 Å². The first kappa shape index (κ1) is 28.3. The minimum atomic E-state index is -0.367. The average molecular weight is 412 g/mol. The van der Waals surface area contributed by atoms with Gasteiger partial charge in [-0.15, -0.1) is 0 Å². The molecule has 0 N–H and O–H groups in total. The molecule has 0 aromatic heterocycles. The maximum absolute atomic E-state index is 12.7. The lowest BCUT2D eigenvalue weighted by Gasteiger charge is -2.29. The fourth-order valence-corrected chi connectivity index (χ4v) is 3.54. The standard InChI is InChI=1S/C26H53NO2/c1-6-9-11-13-15-17-19-21-23-27(25(28)29-26(4,5)8-3)24-22-20-18-16-14-12-10-7-2/h6-24H2,1-5H3. The van der Waals surface area contributed by atoms with Crippen molar-refractivity contribution in [1.29, 1.82) is 0 Å². The zero-order chi connectivity index (χ0) is 21.8. The molecule has 0 unspecified atom stereocenters. The van der Waals surface area contributed by atoms with Gasteiger partial charge in [0.2, 0.25) is 0 Å². The molecule has 0 aliphatic carbocycles. The second kappa shape index (κ2) is 19.2. The Labute approximate surface area is 183 Å². The van der Waals surface area contributed by atoms with Crippen molar-refractivity contribution in [2.24, 2.45) is 0 Å². The molecule has 0 atom stereocenters. The molecule has 0 aromatic rings. The van der Waals surface area contributed by atoms with E-state index in [4.69, 9.17) is 4.74 Å². The molecule has 0 heterocycles. The van der Waals surface area contributed by atoms with Gasteiger partial charge in [0.1, 0.15) is 5.60 Å². The Kier molecular flexibility index (Phi) is 18.8. The molecule has 3 heteroatoms. The molecule has 0 aromatic carbocycles. The highest BCUT2D eigenvalue weighted by Crippen LogP contribution is 2.17. The first-order chi connectivity index (χ1) is 14.0. The van der Waals surface area contributed by atoms with Gasteiger partial charge in [0, 0.05) is 13.1 Å². The van der Waals surface area contributed by atoms with Crippen LogP contribution in [0, 0.1) is 0 Å². The number of hydrogen-bond acceptors (Lipinski definition) is 2. The summed E-state index contributed by atoms with van der Waals surface area (Å²) >= 11 is 0. The monoisotopic (exact) mass is 411 g/mol. The van der Waals surface area contributed by atoms with Crippen LogP contribution < -0.4 is 0 Å². The van der Waals surface area contributed by atoms with Crippen LogP contribution in [-0.2, 0) is 4.74 Å². The summed E-state index contributed by atoms with van der Waals surface area (Å²) in [6.07, 6.45) is 21.5. The van der Waals surface area contributed by atoms with Gasteiger partial charge in [-0.2, -0.15) is 0 Å². The highest BCUT2D eigenvalue weighted by molar-refractivity contribution is 5.68. The molecule has 174 valence electrons. The minimum Gasteiger partial charge on any atom is -0.443 e. The summed E-state index contributed by atoms with van der Waals surface area (Å²) < 4.78 is 5.78. The third kappa shape index (κ3) is 17.8. The molecule has 0 saturated heterocycles. The van der Waals surface area contributed by atoms with Crippen LogP contribution in [0.15, 0.2) is 0 Å². The topological polar surface area (TPSA) is 29.5 Å². The van der Waals surface area contributed by atoms with E-state index >= 15 is 0 Å². The van der Waals surface area contributed by atoms with Crippen molar-refractivity contribution in [3.63, 3.8) is 0 Å². The zero-order valence-corrected chi connectivity index (χ0v) is 20.7. The number of nitrogens with zero attached hydrogens (tertiary/aromatic N) is 1. The van der Waals surface area contributed by atoms with Gasteiger partial charge in [0.05, 0.1) is 0 Å². The van der Waals surface area contributed by atoms with Gasteiger partial charge >= 0.3 is 6.09 Å². The Hall–Kier alpha value is -0.730. The normalized spacial score (nSPS) is 11.6. The van der Waals surface area contributed by atoms with Gasteiger partial charge in [-0.25, -0.2) is 4.79 Å². The summed E-state index contributed by atoms with van der Waals surface area (Å²) in [5.74, 6) is 0. The van der Waals surface area contributed by atoms with Crippen LogP contribution >= 0.6 is 0 Å². The highest BCUT2D eigenvalue weighted by atomic mass is 16.6. The van der Waals surface area contributed by atoms with E-state index in [9.17, 15) is 4.79 Å². The molecule has 0 fully saturated rings. The van der Waals surface area contributed by atoms with Crippen LogP contribution in [0.25, 0.3) is 0 Å². The van der Waals surface area contributed by atoms with Gasteiger partial charge in [0.25, 0.3) is 0 Å². The van der Waals surface area contributed by atoms with E-state index in [-0.39, 0.29) is 11.7 Å². The molecule has 0 aliphatic heterocycles. The summed E-state index contributed by atoms with van der Waals surface area (Å²) in [6.45, 7) is 12.3. The van der Waals surface area contributed by atoms with Crippen LogP contribution in [0.2, 0.25) is 0 Å². The Morgan fingerprint density at radius 3 is 1.31 bits per heavy atom. The van der Waals surface area contributed by atoms with Crippen LogP contribution in [0.1, 0.15) is 144 Å². The first-order valence-electron chi connectivity index (χ1n) is 12.9. The molecule has 0 saturated carbocycles. The maximum Gasteiger partial charge on any atom is 0.410 e. The fourth-order valence-electron chi connectivity index (χ4n) is 3.54. The molecule has 0 spiro atoms. The summed E-state index contributed by atoms with van der Waals surface area (Å²) in [6, 6.07) is 0. The molecule has 0 aliphatic rings. The lowest BCUT2D eigenvalue weighted by Crippen LogP contribution is -2.39. The first-order valence-corrected chi connectivity index (χ1v) is 12.9. The molecule has 0 radical (unpaired) electrons. The summed E-state index contributed by atoms with van der Waals surface area (Å²) in [4.78, 5) is 14.7. The van der Waals surface area contributed by atoms with Gasteiger partial charge < -0.3 is 9.64 Å². The smallest absolute Gasteiger partial charge is 0.410 e. The third-order valence-electron chi connectivity index (χ3n) is 6.04. The van der Waals surface area contributed by atoms with Crippen molar-refractivity contribution in [3.05, 3.63) is 0 Å². The lowest BCUT2D eigenvalue weighted by molar-refractivity contribution is 0.0108. The fraction of sp³-hybridized carbons (Fsp3) is 0.962. The van der Waals surface area contributed by atoms with E-state index in [1.807, 2.05) is 18.7 Å². The molecule has 3 nitrogen and oxygen atoms in total. The Balaban J connectivity index is 4.14. The second-order valence-electron chi connectivity index (χ2n) is 9.42. The molecule has 0 bridgehead atoms. The molecule has 1 amide bonds. The van der Waals surface area contributed by atoms with Crippen LogP contribution in [0.3, 0.4) is 0 Å². The predicted molar refractivity (Wildman–Crippen MR) is 128 cm³/mol. The largest absolute Gasteiger partial charge is 0.443 e. The SMILES string of the molecule is CCCCCCCCCCN(CCCCCCCCCC)C(=O)OC(C)(C)CC. The molecular weight excluding hydrogens is 358 g/mol. The molecule has 29 heavy (non-hydrogen) atoms. The van der Waals surface area contributed by atoms with Crippen LogP contribution in [-0.4, -0.2) is 29.7 Å². The molecule has 0 rings (SSSR count). The number of amides is 1. The third-order valence-corrected chi connectivity index (χ3v) is 6.04. The van der Waals surface area contributed by atoms with Crippen molar-refractivity contribution >= 4 is 6.09 Å². The quantitative estimate of drug-likeness (QED) is 0.187. The number of carbonyl (C=O) groups is 1. The van der Waals surface area contributed by atoms with Gasteiger partial charge in [-0.05, 0) is 33.1 Å². The number of hydrogen-bond donors (Lipinski definition) is 0. The Bertz CT molecular complexity index is 348. The van der Waals surface area contributed by atoms with E-state index in [0.29, 0.717) is 0 Å². The summed E-state index contributed by atoms with van der Waals surface area (Å²) in [5, 5.41) is 0. The van der Waals surface area contributed by atoms with Crippen LogP contribution in [0.5, 0.6) is 0 Å². The van der Waals surface area contributed by atoms with Crippen molar-refractivity contribution in [1.82, 2.24) is 4.90 Å². The van der Waals surface area contributed by atoms with Gasteiger partial charge in [-0.1, -0.05) is 111 Å². The Morgan fingerprint density at radius 1 is 0.621 bits per heavy atom. The lowest BCUT2D eigenvalue weighted by atomic mass is 10.1. The van der Waals surface area contributed by atoms with Crippen molar-refractivity contribution < 1.29 is 9.53 Å². The van der Waals surface area contributed by atoms with E-state index in [2.05, 4.69) is 20.8 Å². The van der Waals surface area contributed by atoms with Crippen LogP contribution in [0.4, 0.5) is 4.79 Å². The zero-order valence-electron chi connectivity index (χ0n) is 20.7. The number of rotatable bonds is 20. The maximum atomic E-state index is 12.7. The van der Waals surface area contributed by atoms with Crippen molar-refractivity contribution in [2.75, 3.05) is 13.1 Å². The number of ether oxygens (including phenoxy) is 1. The molecular formula is C26H53NO2. The van der Waals surface area contributed by atoms with Crippen molar-refractivity contribution in [3.8, 4) is 0 Å². The van der Waals surface area contributed by atoms with Gasteiger partial charge in [0.15, 0.2) is 0 Å². The minimum absolute atomic E-state index is 0.109. The van der Waals surface area contributed by atoms with E-state index in [0.717, 1.165) is 32.4 Å². The van der Waals surface area contributed by atoms with E-state index < -0.39 is 0 Å². The number of carbonyl (C=O) groups excluding carboxylic acids is 1. The highest BCUT2D eigenvalue weighted by Gasteiger charge is 2.24. The number of unbranched alkanes of at least 4 members (excludes halogenated alkanes) is 14. The van der Waals surface area contributed by atoms with Gasteiger partial charge in [-0.3, -0.25) is 0 Å². The van der Waals surface area contributed by atoms with E-state index in [1.54, 1.807) is 0 Å². The summed E-state index contributed by atoms with van der Waals surface area (Å²) in [5.41, 5.74) is -0.367. The summed E-state index contributed by atoms with van der Waals surface area (Å²) in [7, 11) is 0. The average Bonchev–Trinajstić information content (AvgIpc) is 2.69. The Morgan fingerprint density at radius 2 is 0.966 bits per heavy atom.